The minimum atomic E-state index is -1.36. The summed E-state index contributed by atoms with van der Waals surface area (Å²) in [5.74, 6) is -1.49. The Morgan fingerprint density at radius 2 is 1.84 bits per heavy atom. The van der Waals surface area contributed by atoms with Crippen LogP contribution in [-0.4, -0.2) is 24.5 Å². The highest BCUT2D eigenvalue weighted by atomic mass is 16.5. The van der Waals surface area contributed by atoms with E-state index in [0.29, 0.717) is 28.7 Å². The van der Waals surface area contributed by atoms with Crippen molar-refractivity contribution in [3.05, 3.63) is 75.1 Å². The van der Waals surface area contributed by atoms with Crippen molar-refractivity contribution in [1.29, 1.82) is 0 Å². The summed E-state index contributed by atoms with van der Waals surface area (Å²) >= 11 is 0. The normalized spacial score (nSPS) is 13.9. The molecular formula is C25H24NO6-. The maximum absolute atomic E-state index is 12.5. The molecule has 0 saturated carbocycles. The van der Waals surface area contributed by atoms with Gasteiger partial charge in [-0.2, -0.15) is 0 Å². The van der Waals surface area contributed by atoms with E-state index >= 15 is 0 Å². The van der Waals surface area contributed by atoms with Gasteiger partial charge in [-0.1, -0.05) is 30.3 Å². The van der Waals surface area contributed by atoms with Gasteiger partial charge in [0.15, 0.2) is 6.61 Å². The molecule has 1 aromatic heterocycles. The molecule has 166 valence electrons. The second-order valence-electron chi connectivity index (χ2n) is 8.11. The van der Waals surface area contributed by atoms with Gasteiger partial charge in [0, 0.05) is 5.56 Å². The summed E-state index contributed by atoms with van der Waals surface area (Å²) in [5.41, 5.74) is 3.29. The van der Waals surface area contributed by atoms with Gasteiger partial charge < -0.3 is 24.4 Å². The molecule has 1 N–H and O–H groups in total. The second kappa shape index (κ2) is 9.26. The summed E-state index contributed by atoms with van der Waals surface area (Å²) in [5, 5.41) is 14.7. The molecule has 0 bridgehead atoms. The number of carbonyl (C=O) groups excluding carboxylic acids is 2. The summed E-state index contributed by atoms with van der Waals surface area (Å²) in [4.78, 5) is 36.4. The van der Waals surface area contributed by atoms with Gasteiger partial charge in [-0.3, -0.25) is 4.79 Å². The molecule has 1 amide bonds. The predicted octanol–water partition coefficient (Wildman–Crippen LogP) is 1.84. The number of hydrogen-bond donors (Lipinski definition) is 1. The number of fused-ring (bicyclic) bond motifs is 3. The van der Waals surface area contributed by atoms with Crippen LogP contribution in [0.2, 0.25) is 0 Å². The standard InChI is InChI=1S/C25H25NO6/c1-15-11-20(23-17-9-5-6-10-18(17)25(30)32-21(23)12-15)31-14-22(27)26-19(24(28)29)13-16-7-3-2-4-8-16/h2-4,7-8,11-12,19H,5-6,9-10,13-14H2,1H3,(H,26,27)(H,28,29)/p-1/t19-/m0/s1. The SMILES string of the molecule is Cc1cc(OCC(=O)N[C@@H](Cc2ccccc2)C(=O)[O-])c2c3c(c(=O)oc2c1)CCCC3. The molecule has 4 rings (SSSR count). The van der Waals surface area contributed by atoms with E-state index in [1.807, 2.05) is 13.0 Å². The first-order valence-electron chi connectivity index (χ1n) is 10.7. The molecule has 0 aliphatic heterocycles. The number of benzene rings is 2. The van der Waals surface area contributed by atoms with Gasteiger partial charge in [-0.25, -0.2) is 4.79 Å². The zero-order valence-corrected chi connectivity index (χ0v) is 17.8. The number of ether oxygens (including phenoxy) is 1. The Hall–Kier alpha value is -3.61. The lowest BCUT2D eigenvalue weighted by molar-refractivity contribution is -0.308. The van der Waals surface area contributed by atoms with Crippen molar-refractivity contribution in [3.8, 4) is 5.75 Å². The number of hydrogen-bond acceptors (Lipinski definition) is 6. The fourth-order valence-electron chi connectivity index (χ4n) is 4.20. The third kappa shape index (κ3) is 4.66. The Morgan fingerprint density at radius 1 is 1.12 bits per heavy atom. The fourth-order valence-corrected chi connectivity index (χ4v) is 4.20. The Morgan fingerprint density at radius 3 is 2.56 bits per heavy atom. The number of rotatable bonds is 7. The van der Waals surface area contributed by atoms with Crippen LogP contribution < -0.4 is 20.8 Å². The number of carbonyl (C=O) groups is 2. The Balaban J connectivity index is 1.54. The summed E-state index contributed by atoms with van der Waals surface area (Å²) < 4.78 is 11.3. The minimum Gasteiger partial charge on any atom is -0.548 e. The average molecular weight is 434 g/mol. The third-order valence-corrected chi connectivity index (χ3v) is 5.69. The van der Waals surface area contributed by atoms with E-state index in [1.165, 1.54) is 0 Å². The highest BCUT2D eigenvalue weighted by Crippen LogP contribution is 2.34. The lowest BCUT2D eigenvalue weighted by Gasteiger charge is -2.21. The van der Waals surface area contributed by atoms with Gasteiger partial charge >= 0.3 is 5.63 Å². The Bertz CT molecular complexity index is 1210. The van der Waals surface area contributed by atoms with Gasteiger partial charge in [0.25, 0.3) is 5.91 Å². The van der Waals surface area contributed by atoms with Crippen LogP contribution in [0.25, 0.3) is 11.0 Å². The first kappa shape index (κ1) is 21.6. The molecular weight excluding hydrogens is 410 g/mol. The molecule has 0 spiro atoms. The van der Waals surface area contributed by atoms with E-state index in [9.17, 15) is 19.5 Å². The fraction of sp³-hybridized carbons (Fsp3) is 0.320. The van der Waals surface area contributed by atoms with Crippen LogP contribution in [0, 0.1) is 6.92 Å². The van der Waals surface area contributed by atoms with Crippen molar-refractivity contribution >= 4 is 22.8 Å². The van der Waals surface area contributed by atoms with E-state index in [0.717, 1.165) is 36.0 Å². The topological polar surface area (TPSA) is 109 Å². The number of nitrogens with one attached hydrogen (secondary N) is 1. The second-order valence-corrected chi connectivity index (χ2v) is 8.11. The number of aryl methyl sites for hydroxylation is 2. The first-order valence-corrected chi connectivity index (χ1v) is 10.7. The van der Waals surface area contributed by atoms with Crippen LogP contribution in [0.1, 0.15) is 35.1 Å². The van der Waals surface area contributed by atoms with Crippen molar-refractivity contribution in [2.75, 3.05) is 6.61 Å². The third-order valence-electron chi connectivity index (χ3n) is 5.69. The van der Waals surface area contributed by atoms with Crippen molar-refractivity contribution in [3.63, 3.8) is 0 Å². The molecule has 1 aliphatic carbocycles. The first-order chi connectivity index (χ1) is 15.4. The van der Waals surface area contributed by atoms with E-state index in [4.69, 9.17) is 9.15 Å². The number of carboxylic acid groups (broad SMARTS) is 1. The zero-order valence-electron chi connectivity index (χ0n) is 17.8. The van der Waals surface area contributed by atoms with Crippen LogP contribution >= 0.6 is 0 Å². The van der Waals surface area contributed by atoms with Crippen LogP contribution in [0.4, 0.5) is 0 Å². The summed E-state index contributed by atoms with van der Waals surface area (Å²) in [7, 11) is 0. The smallest absolute Gasteiger partial charge is 0.339 e. The van der Waals surface area contributed by atoms with Gasteiger partial charge in [-0.05, 0) is 67.9 Å². The van der Waals surface area contributed by atoms with Crippen molar-refractivity contribution in [2.45, 2.75) is 45.1 Å². The van der Waals surface area contributed by atoms with Gasteiger partial charge in [-0.15, -0.1) is 0 Å². The summed E-state index contributed by atoms with van der Waals surface area (Å²) in [6.45, 7) is 1.48. The predicted molar refractivity (Wildman–Crippen MR) is 116 cm³/mol. The summed E-state index contributed by atoms with van der Waals surface area (Å²) in [6.07, 6.45) is 3.41. The molecule has 0 saturated heterocycles. The monoisotopic (exact) mass is 434 g/mol. The average Bonchev–Trinajstić information content (AvgIpc) is 2.77. The van der Waals surface area contributed by atoms with E-state index < -0.39 is 17.9 Å². The molecule has 0 unspecified atom stereocenters. The van der Waals surface area contributed by atoms with Crippen LogP contribution in [0.15, 0.2) is 51.7 Å². The van der Waals surface area contributed by atoms with Gasteiger partial charge in [0.1, 0.15) is 11.3 Å². The van der Waals surface area contributed by atoms with Crippen molar-refractivity contribution < 1.29 is 23.8 Å². The van der Waals surface area contributed by atoms with E-state index in [-0.39, 0.29) is 18.7 Å². The zero-order chi connectivity index (χ0) is 22.7. The highest BCUT2D eigenvalue weighted by molar-refractivity contribution is 5.89. The Kier molecular flexibility index (Phi) is 6.25. The molecule has 1 atom stereocenters. The molecule has 2 aromatic carbocycles. The van der Waals surface area contributed by atoms with Crippen LogP contribution in [-0.2, 0) is 28.9 Å². The molecule has 0 radical (unpaired) electrons. The molecule has 1 aliphatic rings. The maximum atomic E-state index is 12.5. The summed E-state index contributed by atoms with van der Waals surface area (Å²) in [6, 6.07) is 11.4. The lowest BCUT2D eigenvalue weighted by Crippen LogP contribution is -2.50. The van der Waals surface area contributed by atoms with Gasteiger partial charge in [0.05, 0.1) is 17.4 Å². The molecule has 1 heterocycles. The largest absolute Gasteiger partial charge is 0.548 e. The number of carboxylic acids is 1. The Labute approximate surface area is 185 Å². The minimum absolute atomic E-state index is 0.112. The molecule has 3 aromatic rings. The lowest BCUT2D eigenvalue weighted by atomic mass is 9.90. The molecule has 7 nitrogen and oxygen atoms in total. The number of amides is 1. The van der Waals surface area contributed by atoms with Crippen LogP contribution in [0.3, 0.4) is 0 Å². The van der Waals surface area contributed by atoms with Gasteiger partial charge in [0.2, 0.25) is 0 Å². The van der Waals surface area contributed by atoms with Crippen molar-refractivity contribution in [1.82, 2.24) is 5.32 Å². The quantitative estimate of drug-likeness (QED) is 0.569. The number of aliphatic carboxylic acids is 1. The van der Waals surface area contributed by atoms with Crippen molar-refractivity contribution in [2.24, 2.45) is 0 Å². The molecule has 7 heteroatoms. The van der Waals surface area contributed by atoms with Crippen LogP contribution in [0.5, 0.6) is 5.75 Å². The maximum Gasteiger partial charge on any atom is 0.339 e. The van der Waals surface area contributed by atoms with E-state index in [2.05, 4.69) is 5.32 Å². The van der Waals surface area contributed by atoms with E-state index in [1.54, 1.807) is 36.4 Å². The molecule has 0 fully saturated rings. The highest BCUT2D eigenvalue weighted by Gasteiger charge is 2.22. The molecule has 32 heavy (non-hydrogen) atoms.